The van der Waals surface area contributed by atoms with E-state index in [0.29, 0.717) is 11.2 Å². The Hall–Kier alpha value is -0.940. The summed E-state index contributed by atoms with van der Waals surface area (Å²) >= 11 is 3.29. The van der Waals surface area contributed by atoms with Crippen LogP contribution in [0.5, 0.6) is 0 Å². The minimum atomic E-state index is -0.0921. The van der Waals surface area contributed by atoms with Crippen molar-refractivity contribution < 1.29 is 9.63 Å². The minimum absolute atomic E-state index is 0.0921. The van der Waals surface area contributed by atoms with Crippen LogP contribution in [0, 0.1) is 0 Å². The number of amides is 1. The quantitative estimate of drug-likeness (QED) is 0.620. The number of halogens is 1. The molecule has 5 heteroatoms. The topological polar surface area (TPSA) is 42.4 Å². The van der Waals surface area contributed by atoms with Crippen LogP contribution < -0.4 is 0 Å². The molecule has 1 heterocycles. The van der Waals surface area contributed by atoms with E-state index in [4.69, 9.17) is 4.84 Å². The van der Waals surface area contributed by atoms with Crippen LogP contribution in [-0.4, -0.2) is 29.6 Å². The first kappa shape index (κ1) is 12.1. The van der Waals surface area contributed by atoms with E-state index in [1.807, 2.05) is 13.0 Å². The van der Waals surface area contributed by atoms with Crippen molar-refractivity contribution >= 4 is 21.8 Å². The second-order valence-corrected chi connectivity index (χ2v) is 3.69. The first-order chi connectivity index (χ1) is 7.15. The predicted molar refractivity (Wildman–Crippen MR) is 60.0 cm³/mol. The Balaban J connectivity index is 2.62. The molecule has 1 aromatic heterocycles. The van der Waals surface area contributed by atoms with Gasteiger partial charge in [-0.3, -0.25) is 9.63 Å². The largest absolute Gasteiger partial charge is 0.272 e. The highest BCUT2D eigenvalue weighted by Crippen LogP contribution is 2.13. The van der Waals surface area contributed by atoms with Crippen LogP contribution in [0.25, 0.3) is 0 Å². The van der Waals surface area contributed by atoms with Crippen molar-refractivity contribution in [2.75, 3.05) is 13.7 Å². The van der Waals surface area contributed by atoms with Crippen molar-refractivity contribution in [2.45, 2.75) is 13.3 Å². The van der Waals surface area contributed by atoms with E-state index in [9.17, 15) is 4.79 Å². The molecule has 0 unspecified atom stereocenters. The average Bonchev–Trinajstić information content (AvgIpc) is 2.21. The lowest BCUT2D eigenvalue weighted by Gasteiger charge is -2.15. The third-order valence-electron chi connectivity index (χ3n) is 1.85. The number of rotatable bonds is 4. The molecule has 0 fully saturated rings. The van der Waals surface area contributed by atoms with Crippen molar-refractivity contribution in [3.8, 4) is 0 Å². The molecule has 0 spiro atoms. The maximum atomic E-state index is 11.6. The first-order valence-electron chi connectivity index (χ1n) is 4.64. The summed E-state index contributed by atoms with van der Waals surface area (Å²) < 4.78 is 0.697. The number of hydroxylamine groups is 2. The monoisotopic (exact) mass is 272 g/mol. The molecule has 0 aromatic carbocycles. The Kier molecular flexibility index (Phi) is 4.71. The highest BCUT2D eigenvalue weighted by molar-refractivity contribution is 9.10. The van der Waals surface area contributed by atoms with Gasteiger partial charge in [-0.15, -0.1) is 0 Å². The highest BCUT2D eigenvalue weighted by atomic mass is 79.9. The molecular formula is C10H13BrN2O2. The fourth-order valence-electron chi connectivity index (χ4n) is 1.09. The molecule has 0 bridgehead atoms. The van der Waals surface area contributed by atoms with Gasteiger partial charge in [0.2, 0.25) is 5.91 Å². The van der Waals surface area contributed by atoms with Crippen LogP contribution >= 0.6 is 15.9 Å². The lowest BCUT2D eigenvalue weighted by Crippen LogP contribution is -2.28. The van der Waals surface area contributed by atoms with E-state index in [1.54, 1.807) is 19.3 Å². The van der Waals surface area contributed by atoms with Gasteiger partial charge in [-0.05, 0) is 34.5 Å². The molecule has 4 nitrogen and oxygen atoms in total. The number of carbonyl (C=O) groups is 1. The molecule has 0 atom stereocenters. The van der Waals surface area contributed by atoms with Crippen LogP contribution in [0.1, 0.15) is 12.5 Å². The van der Waals surface area contributed by atoms with Gasteiger partial charge in [0.25, 0.3) is 0 Å². The zero-order chi connectivity index (χ0) is 11.3. The normalized spacial score (nSPS) is 10.1. The molecule has 0 aliphatic rings. The number of aromatic nitrogens is 1. The summed E-state index contributed by atoms with van der Waals surface area (Å²) in [4.78, 5) is 20.7. The molecule has 1 rings (SSSR count). The summed E-state index contributed by atoms with van der Waals surface area (Å²) in [6.45, 7) is 2.32. The van der Waals surface area contributed by atoms with Crippen molar-refractivity contribution in [3.63, 3.8) is 0 Å². The van der Waals surface area contributed by atoms with Gasteiger partial charge < -0.3 is 0 Å². The lowest BCUT2D eigenvalue weighted by molar-refractivity contribution is -0.175. The molecule has 0 radical (unpaired) electrons. The number of pyridine rings is 1. The molecule has 15 heavy (non-hydrogen) atoms. The second-order valence-electron chi connectivity index (χ2n) is 2.94. The Morgan fingerprint density at radius 2 is 2.40 bits per heavy atom. The van der Waals surface area contributed by atoms with Gasteiger partial charge in [-0.25, -0.2) is 10.0 Å². The van der Waals surface area contributed by atoms with Crippen LogP contribution in [-0.2, 0) is 16.1 Å². The van der Waals surface area contributed by atoms with Crippen LogP contribution in [0.15, 0.2) is 22.9 Å². The summed E-state index contributed by atoms with van der Waals surface area (Å²) in [5.74, 6) is -0.0921. The van der Waals surface area contributed by atoms with Gasteiger partial charge in [0, 0.05) is 13.2 Å². The van der Waals surface area contributed by atoms with Crippen molar-refractivity contribution in [2.24, 2.45) is 0 Å². The zero-order valence-corrected chi connectivity index (χ0v) is 10.3. The fourth-order valence-corrected chi connectivity index (χ4v) is 1.48. The van der Waals surface area contributed by atoms with E-state index in [0.717, 1.165) is 5.56 Å². The maximum absolute atomic E-state index is 11.6. The van der Waals surface area contributed by atoms with Gasteiger partial charge in [-0.2, -0.15) is 0 Å². The summed E-state index contributed by atoms with van der Waals surface area (Å²) in [6, 6.07) is 3.66. The summed E-state index contributed by atoms with van der Waals surface area (Å²) in [5.41, 5.74) is 0.856. The number of hydrogen-bond donors (Lipinski definition) is 0. The average molecular weight is 273 g/mol. The molecule has 0 saturated heterocycles. The Morgan fingerprint density at radius 3 is 3.00 bits per heavy atom. The number of carbonyl (C=O) groups excluding carboxylic acids is 1. The smallest absolute Gasteiger partial charge is 0.250 e. The van der Waals surface area contributed by atoms with Crippen LogP contribution in [0.3, 0.4) is 0 Å². The summed E-state index contributed by atoms with van der Waals surface area (Å²) in [6.07, 6.45) is 1.95. The zero-order valence-electron chi connectivity index (χ0n) is 8.74. The molecule has 0 aliphatic heterocycles. The maximum Gasteiger partial charge on any atom is 0.250 e. The summed E-state index contributed by atoms with van der Waals surface area (Å²) in [5, 5.41) is 1.25. The van der Waals surface area contributed by atoms with Gasteiger partial charge >= 0.3 is 0 Å². The molecule has 82 valence electrons. The molecule has 0 saturated carbocycles. The first-order valence-corrected chi connectivity index (χ1v) is 5.43. The Bertz CT molecular complexity index is 344. The van der Waals surface area contributed by atoms with Crippen molar-refractivity contribution in [3.05, 3.63) is 28.5 Å². The third kappa shape index (κ3) is 3.60. The van der Waals surface area contributed by atoms with Crippen LogP contribution in [0.2, 0.25) is 0 Å². The molecular weight excluding hydrogens is 260 g/mol. The molecule has 0 aliphatic carbocycles. The second kappa shape index (κ2) is 5.82. The van der Waals surface area contributed by atoms with Gasteiger partial charge in [0.1, 0.15) is 4.60 Å². The number of likely N-dealkylation sites (N-methyl/N-ethyl adjacent to an activating group) is 1. The summed E-state index contributed by atoms with van der Waals surface area (Å²) in [7, 11) is 1.61. The molecule has 1 amide bonds. The van der Waals surface area contributed by atoms with E-state index in [1.165, 1.54) is 5.06 Å². The SMILES string of the molecule is CCON(C)C(=O)Cc1cccnc1Br. The standard InChI is InChI=1S/C10H13BrN2O2/c1-3-15-13(2)9(14)7-8-5-4-6-12-10(8)11/h4-6H,3,7H2,1-2H3. The molecule has 1 aromatic rings. The predicted octanol–water partition coefficient (Wildman–Crippen LogP) is 1.80. The van der Waals surface area contributed by atoms with Crippen molar-refractivity contribution in [1.29, 1.82) is 0 Å². The number of nitrogens with zero attached hydrogens (tertiary/aromatic N) is 2. The van der Waals surface area contributed by atoms with E-state index in [-0.39, 0.29) is 12.3 Å². The highest BCUT2D eigenvalue weighted by Gasteiger charge is 2.11. The Morgan fingerprint density at radius 1 is 1.67 bits per heavy atom. The molecule has 0 N–H and O–H groups in total. The fraction of sp³-hybridized carbons (Fsp3) is 0.400. The van der Waals surface area contributed by atoms with Gasteiger partial charge in [0.15, 0.2) is 0 Å². The van der Waals surface area contributed by atoms with Gasteiger partial charge in [0.05, 0.1) is 13.0 Å². The third-order valence-corrected chi connectivity index (χ3v) is 2.57. The van der Waals surface area contributed by atoms with Crippen LogP contribution in [0.4, 0.5) is 0 Å². The Labute approximate surface area is 97.3 Å². The van der Waals surface area contributed by atoms with E-state index in [2.05, 4.69) is 20.9 Å². The van der Waals surface area contributed by atoms with E-state index < -0.39 is 0 Å². The number of hydrogen-bond acceptors (Lipinski definition) is 3. The van der Waals surface area contributed by atoms with Gasteiger partial charge in [-0.1, -0.05) is 6.07 Å². The minimum Gasteiger partial charge on any atom is -0.272 e. The lowest BCUT2D eigenvalue weighted by atomic mass is 10.2. The van der Waals surface area contributed by atoms with Crippen molar-refractivity contribution in [1.82, 2.24) is 10.0 Å². The van der Waals surface area contributed by atoms with E-state index >= 15 is 0 Å².